The lowest BCUT2D eigenvalue weighted by atomic mass is 9.98. The highest BCUT2D eigenvalue weighted by molar-refractivity contribution is 5.52. The Labute approximate surface area is 108 Å². The number of hydrogen-bond donors (Lipinski definition) is 1. The zero-order chi connectivity index (χ0) is 13.5. The molecule has 0 amide bonds. The molecule has 5 nitrogen and oxygen atoms in total. The van der Waals surface area contributed by atoms with Crippen LogP contribution in [0, 0.1) is 0 Å². The van der Waals surface area contributed by atoms with Gasteiger partial charge in [0.2, 0.25) is 0 Å². The van der Waals surface area contributed by atoms with Crippen molar-refractivity contribution in [1.82, 2.24) is 0 Å². The van der Waals surface area contributed by atoms with Crippen LogP contribution in [0.1, 0.15) is 11.5 Å². The van der Waals surface area contributed by atoms with Crippen molar-refractivity contribution in [3.05, 3.63) is 17.7 Å². The molecule has 0 radical (unpaired) electrons. The van der Waals surface area contributed by atoms with Crippen LogP contribution in [0.15, 0.2) is 12.1 Å². The summed E-state index contributed by atoms with van der Waals surface area (Å²) in [4.78, 5) is 0. The van der Waals surface area contributed by atoms with Crippen LogP contribution in [0.25, 0.3) is 0 Å². The van der Waals surface area contributed by atoms with Crippen molar-refractivity contribution in [2.45, 2.75) is 5.92 Å². The van der Waals surface area contributed by atoms with Crippen LogP contribution in [-0.4, -0.2) is 41.6 Å². The molecule has 102 valence electrons. The smallest absolute Gasteiger partial charge is 0.164 e. The molecule has 1 aromatic rings. The fraction of sp³-hybridized carbons (Fsp3) is 0.538. The van der Waals surface area contributed by atoms with E-state index in [2.05, 4.69) is 0 Å². The second-order valence-corrected chi connectivity index (χ2v) is 3.84. The van der Waals surface area contributed by atoms with Crippen molar-refractivity contribution in [3.8, 4) is 17.2 Å². The molecule has 1 unspecified atom stereocenters. The quantitative estimate of drug-likeness (QED) is 0.798. The predicted molar refractivity (Wildman–Crippen MR) is 69.8 cm³/mol. The Morgan fingerprint density at radius 2 is 1.50 bits per heavy atom. The Morgan fingerprint density at radius 3 is 1.94 bits per heavy atom. The summed E-state index contributed by atoms with van der Waals surface area (Å²) in [5.74, 6) is 2.07. The second-order valence-electron chi connectivity index (χ2n) is 3.84. The molecule has 0 heterocycles. The van der Waals surface area contributed by atoms with Crippen LogP contribution < -0.4 is 19.9 Å². The van der Waals surface area contributed by atoms with Gasteiger partial charge in [-0.1, -0.05) is 0 Å². The average molecular weight is 255 g/mol. The van der Waals surface area contributed by atoms with Gasteiger partial charge >= 0.3 is 0 Å². The predicted octanol–water partition coefficient (Wildman–Crippen LogP) is 1.40. The maximum absolute atomic E-state index is 5.77. The highest BCUT2D eigenvalue weighted by atomic mass is 16.5. The molecule has 0 aliphatic carbocycles. The lowest BCUT2D eigenvalue weighted by Crippen LogP contribution is -2.18. The Bertz CT molecular complexity index is 381. The van der Waals surface area contributed by atoms with E-state index in [-0.39, 0.29) is 5.92 Å². The Kier molecular flexibility index (Phi) is 5.74. The zero-order valence-corrected chi connectivity index (χ0v) is 11.4. The molecule has 2 N–H and O–H groups in total. The van der Waals surface area contributed by atoms with E-state index in [4.69, 9.17) is 24.7 Å². The zero-order valence-electron chi connectivity index (χ0n) is 11.4. The minimum absolute atomic E-state index is 0.0600. The highest BCUT2D eigenvalue weighted by Gasteiger charge is 2.18. The van der Waals surface area contributed by atoms with Crippen molar-refractivity contribution in [2.75, 3.05) is 41.6 Å². The average Bonchev–Trinajstić information content (AvgIpc) is 2.43. The maximum Gasteiger partial charge on any atom is 0.164 e. The van der Waals surface area contributed by atoms with Gasteiger partial charge in [0.25, 0.3) is 0 Å². The van der Waals surface area contributed by atoms with Crippen molar-refractivity contribution < 1.29 is 18.9 Å². The summed E-state index contributed by atoms with van der Waals surface area (Å²) < 4.78 is 21.1. The monoisotopic (exact) mass is 255 g/mol. The van der Waals surface area contributed by atoms with Crippen molar-refractivity contribution >= 4 is 0 Å². The summed E-state index contributed by atoms with van der Waals surface area (Å²) in [5, 5.41) is 0. The molecule has 1 rings (SSSR count). The summed E-state index contributed by atoms with van der Waals surface area (Å²) in [6, 6.07) is 3.68. The van der Waals surface area contributed by atoms with Crippen LogP contribution in [0.2, 0.25) is 0 Å². The Balaban J connectivity index is 3.23. The molecule has 18 heavy (non-hydrogen) atoms. The topological polar surface area (TPSA) is 62.9 Å². The van der Waals surface area contributed by atoms with Gasteiger partial charge in [-0.25, -0.2) is 0 Å². The van der Waals surface area contributed by atoms with E-state index < -0.39 is 0 Å². The Hall–Kier alpha value is -1.46. The van der Waals surface area contributed by atoms with Crippen LogP contribution >= 0.6 is 0 Å². The van der Waals surface area contributed by atoms with Gasteiger partial charge in [0.05, 0.1) is 27.9 Å². The van der Waals surface area contributed by atoms with E-state index in [1.165, 1.54) is 0 Å². The van der Waals surface area contributed by atoms with E-state index in [1.54, 1.807) is 34.5 Å². The molecule has 5 heteroatoms. The van der Waals surface area contributed by atoms with Gasteiger partial charge in [-0.05, 0) is 6.07 Å². The molecule has 0 aromatic heterocycles. The first-order chi connectivity index (χ1) is 8.71. The van der Waals surface area contributed by atoms with E-state index in [0.717, 1.165) is 11.3 Å². The summed E-state index contributed by atoms with van der Waals surface area (Å²) >= 11 is 0. The van der Waals surface area contributed by atoms with Gasteiger partial charge < -0.3 is 24.7 Å². The van der Waals surface area contributed by atoms with Gasteiger partial charge in [0.1, 0.15) is 5.75 Å². The van der Waals surface area contributed by atoms with Crippen LogP contribution in [0.5, 0.6) is 17.2 Å². The third kappa shape index (κ3) is 3.05. The van der Waals surface area contributed by atoms with Crippen LogP contribution in [0.3, 0.4) is 0 Å². The number of benzene rings is 1. The standard InChI is InChI=1S/C13H21NO4/c1-15-8-9(7-14)10-5-12(17-3)13(18-4)6-11(10)16-2/h5-6,9H,7-8,14H2,1-4H3. The molecular weight excluding hydrogens is 234 g/mol. The first-order valence-corrected chi connectivity index (χ1v) is 5.70. The molecular formula is C13H21NO4. The van der Waals surface area contributed by atoms with Crippen molar-refractivity contribution in [2.24, 2.45) is 5.73 Å². The van der Waals surface area contributed by atoms with E-state index in [0.29, 0.717) is 24.7 Å². The normalized spacial score (nSPS) is 12.1. The molecule has 0 saturated heterocycles. The second kappa shape index (κ2) is 7.08. The third-order valence-electron chi connectivity index (χ3n) is 2.83. The molecule has 1 aromatic carbocycles. The Morgan fingerprint density at radius 1 is 0.944 bits per heavy atom. The maximum atomic E-state index is 5.77. The van der Waals surface area contributed by atoms with Crippen molar-refractivity contribution in [3.63, 3.8) is 0 Å². The summed E-state index contributed by atoms with van der Waals surface area (Å²) in [6.45, 7) is 1.00. The number of ether oxygens (including phenoxy) is 4. The minimum atomic E-state index is 0.0600. The van der Waals surface area contributed by atoms with Gasteiger partial charge in [-0.3, -0.25) is 0 Å². The van der Waals surface area contributed by atoms with Gasteiger partial charge in [0, 0.05) is 31.2 Å². The van der Waals surface area contributed by atoms with Crippen LogP contribution in [0.4, 0.5) is 0 Å². The van der Waals surface area contributed by atoms with Gasteiger partial charge in [-0.2, -0.15) is 0 Å². The number of rotatable bonds is 7. The molecule has 0 fully saturated rings. The minimum Gasteiger partial charge on any atom is -0.496 e. The molecule has 0 aliphatic heterocycles. The molecule has 0 aliphatic rings. The fourth-order valence-corrected chi connectivity index (χ4v) is 1.86. The molecule has 1 atom stereocenters. The van der Waals surface area contributed by atoms with E-state index >= 15 is 0 Å². The van der Waals surface area contributed by atoms with E-state index in [1.807, 2.05) is 6.07 Å². The molecule has 0 bridgehead atoms. The SMILES string of the molecule is COCC(CN)c1cc(OC)c(OC)cc1OC. The lowest BCUT2D eigenvalue weighted by molar-refractivity contribution is 0.179. The first-order valence-electron chi connectivity index (χ1n) is 5.70. The molecule has 0 spiro atoms. The number of methoxy groups -OCH3 is 4. The summed E-state index contributed by atoms with van der Waals surface area (Å²) in [6.07, 6.45) is 0. The van der Waals surface area contributed by atoms with Gasteiger partial charge in [-0.15, -0.1) is 0 Å². The third-order valence-corrected chi connectivity index (χ3v) is 2.83. The first kappa shape index (κ1) is 14.6. The highest BCUT2D eigenvalue weighted by Crippen LogP contribution is 2.37. The van der Waals surface area contributed by atoms with E-state index in [9.17, 15) is 0 Å². The lowest BCUT2D eigenvalue weighted by Gasteiger charge is -2.19. The summed E-state index contributed by atoms with van der Waals surface area (Å²) in [7, 11) is 6.45. The molecule has 0 saturated carbocycles. The fourth-order valence-electron chi connectivity index (χ4n) is 1.86. The number of nitrogens with two attached hydrogens (primary N) is 1. The van der Waals surface area contributed by atoms with Crippen LogP contribution in [-0.2, 0) is 4.74 Å². The number of hydrogen-bond acceptors (Lipinski definition) is 5. The van der Waals surface area contributed by atoms with Gasteiger partial charge in [0.15, 0.2) is 11.5 Å². The van der Waals surface area contributed by atoms with Crippen molar-refractivity contribution in [1.29, 1.82) is 0 Å². The summed E-state index contributed by atoms with van der Waals surface area (Å²) in [5.41, 5.74) is 6.73. The largest absolute Gasteiger partial charge is 0.496 e.